The van der Waals surface area contributed by atoms with E-state index in [4.69, 9.17) is 9.72 Å². The van der Waals surface area contributed by atoms with E-state index in [0.29, 0.717) is 5.41 Å². The van der Waals surface area contributed by atoms with Crippen LogP contribution in [0.25, 0.3) is 0 Å². The number of aromatic nitrogens is 1. The van der Waals surface area contributed by atoms with Crippen molar-refractivity contribution in [3.8, 4) is 0 Å². The Morgan fingerprint density at radius 2 is 2.12 bits per heavy atom. The van der Waals surface area contributed by atoms with Crippen LogP contribution in [-0.4, -0.2) is 44.8 Å². The monoisotopic (exact) mass is 480 g/mol. The van der Waals surface area contributed by atoms with Gasteiger partial charge in [-0.25, -0.2) is 4.98 Å². The first-order valence-electron chi connectivity index (χ1n) is 9.01. The number of guanidine groups is 1. The molecule has 0 atom stereocenters. The number of hydrogen-bond donors (Lipinski definition) is 2. The van der Waals surface area contributed by atoms with Gasteiger partial charge in [0.1, 0.15) is 0 Å². The Hall–Kier alpha value is -0.410. The minimum Gasteiger partial charge on any atom is -0.385 e. The molecule has 2 rings (SSSR count). The van der Waals surface area contributed by atoms with Crippen molar-refractivity contribution in [2.45, 2.75) is 52.4 Å². The zero-order valence-corrected chi connectivity index (χ0v) is 19.1. The lowest BCUT2D eigenvalue weighted by molar-refractivity contribution is 0.0732. The molecule has 0 bridgehead atoms. The van der Waals surface area contributed by atoms with Gasteiger partial charge >= 0.3 is 0 Å². The predicted octanol–water partition coefficient (Wildman–Crippen LogP) is 3.55. The van der Waals surface area contributed by atoms with Crippen LogP contribution in [0.1, 0.15) is 48.2 Å². The van der Waals surface area contributed by atoms with Crippen molar-refractivity contribution in [1.29, 1.82) is 0 Å². The van der Waals surface area contributed by atoms with Gasteiger partial charge in [-0.15, -0.1) is 35.3 Å². The highest BCUT2D eigenvalue weighted by Crippen LogP contribution is 2.43. The molecule has 2 N–H and O–H groups in total. The fraction of sp³-hybridized carbons (Fsp3) is 0.778. The number of aryl methyl sites for hydroxylation is 2. The van der Waals surface area contributed by atoms with Crippen LogP contribution >= 0.6 is 35.3 Å². The normalized spacial score (nSPS) is 16.1. The number of nitrogens with one attached hydrogen (secondary N) is 2. The molecule has 0 spiro atoms. The highest BCUT2D eigenvalue weighted by atomic mass is 127. The van der Waals surface area contributed by atoms with Crippen molar-refractivity contribution in [1.82, 2.24) is 15.6 Å². The third-order valence-electron chi connectivity index (χ3n) is 5.01. The molecule has 0 unspecified atom stereocenters. The van der Waals surface area contributed by atoms with Gasteiger partial charge in [0.2, 0.25) is 0 Å². The topological polar surface area (TPSA) is 58.5 Å². The fourth-order valence-corrected chi connectivity index (χ4v) is 4.23. The number of hydrogen-bond acceptors (Lipinski definition) is 4. The number of rotatable bonds is 9. The molecule has 1 aliphatic rings. The highest BCUT2D eigenvalue weighted by molar-refractivity contribution is 14.0. The standard InChI is InChI=1S/C18H32N4OS.HI/c1-5-15-14(2)24-16(22-15)7-11-20-17(19-3)21-13-18(8-6-9-18)10-12-23-4;/h5-13H2,1-4H3,(H2,19,20,21);1H. The molecule has 0 saturated heterocycles. The largest absolute Gasteiger partial charge is 0.385 e. The molecule has 1 aromatic rings. The van der Waals surface area contributed by atoms with Crippen LogP contribution in [0.15, 0.2) is 4.99 Å². The SMILES string of the molecule is CCc1nc(CCNC(=NC)NCC2(CCOC)CCC2)sc1C.I. The summed E-state index contributed by atoms with van der Waals surface area (Å²) in [5.74, 6) is 0.891. The van der Waals surface area contributed by atoms with Crippen LogP contribution in [0.4, 0.5) is 0 Å². The molecule has 25 heavy (non-hydrogen) atoms. The molecule has 1 saturated carbocycles. The minimum absolute atomic E-state index is 0. The maximum atomic E-state index is 5.26. The molecular formula is C18H33IN4OS. The van der Waals surface area contributed by atoms with E-state index in [0.717, 1.165) is 44.9 Å². The van der Waals surface area contributed by atoms with Gasteiger partial charge in [0.25, 0.3) is 0 Å². The first kappa shape index (κ1) is 22.6. The van der Waals surface area contributed by atoms with Crippen LogP contribution < -0.4 is 10.6 Å². The highest BCUT2D eigenvalue weighted by Gasteiger charge is 2.36. The molecule has 5 nitrogen and oxygen atoms in total. The Balaban J connectivity index is 0.00000312. The van der Waals surface area contributed by atoms with E-state index in [1.807, 2.05) is 18.4 Å². The summed E-state index contributed by atoms with van der Waals surface area (Å²) < 4.78 is 5.26. The summed E-state index contributed by atoms with van der Waals surface area (Å²) in [5.41, 5.74) is 1.64. The number of ether oxygens (including phenoxy) is 1. The van der Waals surface area contributed by atoms with Gasteiger partial charge in [-0.3, -0.25) is 4.99 Å². The number of nitrogens with zero attached hydrogens (tertiary/aromatic N) is 2. The Morgan fingerprint density at radius 3 is 2.64 bits per heavy atom. The molecule has 1 heterocycles. The lowest BCUT2D eigenvalue weighted by atomic mass is 9.67. The second-order valence-electron chi connectivity index (χ2n) is 6.66. The molecule has 0 aromatic carbocycles. The summed E-state index contributed by atoms with van der Waals surface area (Å²) in [6.07, 6.45) is 7.01. The quantitative estimate of drug-likeness (QED) is 0.323. The van der Waals surface area contributed by atoms with Crippen LogP contribution in [0.5, 0.6) is 0 Å². The molecule has 0 radical (unpaired) electrons. The van der Waals surface area contributed by atoms with Crippen molar-refractivity contribution >= 4 is 41.3 Å². The van der Waals surface area contributed by atoms with Gasteiger partial charge in [-0.05, 0) is 38.0 Å². The van der Waals surface area contributed by atoms with Gasteiger partial charge < -0.3 is 15.4 Å². The summed E-state index contributed by atoms with van der Waals surface area (Å²) in [6, 6.07) is 0. The van der Waals surface area contributed by atoms with E-state index in [1.54, 1.807) is 7.11 Å². The summed E-state index contributed by atoms with van der Waals surface area (Å²) in [4.78, 5) is 10.4. The second-order valence-corrected chi connectivity index (χ2v) is 7.95. The Labute approximate surface area is 173 Å². The maximum Gasteiger partial charge on any atom is 0.191 e. The van der Waals surface area contributed by atoms with Crippen LogP contribution in [0.2, 0.25) is 0 Å². The number of halogens is 1. The molecule has 1 aromatic heterocycles. The molecule has 144 valence electrons. The minimum atomic E-state index is 0. The Morgan fingerprint density at radius 1 is 1.36 bits per heavy atom. The van der Waals surface area contributed by atoms with Crippen molar-refractivity contribution in [3.63, 3.8) is 0 Å². The Kier molecular flexibility index (Phi) is 10.3. The third-order valence-corrected chi connectivity index (χ3v) is 6.08. The lowest BCUT2D eigenvalue weighted by Gasteiger charge is -2.42. The van der Waals surface area contributed by atoms with Crippen molar-refractivity contribution in [3.05, 3.63) is 15.6 Å². The lowest BCUT2D eigenvalue weighted by Crippen LogP contribution is -2.47. The van der Waals surface area contributed by atoms with Gasteiger partial charge in [-0.2, -0.15) is 0 Å². The first-order chi connectivity index (χ1) is 11.6. The zero-order valence-electron chi connectivity index (χ0n) is 16.0. The molecule has 0 amide bonds. The van der Waals surface area contributed by atoms with Crippen molar-refractivity contribution in [2.24, 2.45) is 10.4 Å². The maximum absolute atomic E-state index is 5.26. The zero-order chi connectivity index (χ0) is 17.4. The average Bonchev–Trinajstić information content (AvgIpc) is 2.91. The summed E-state index contributed by atoms with van der Waals surface area (Å²) >= 11 is 1.81. The van der Waals surface area contributed by atoms with Crippen molar-refractivity contribution < 1.29 is 4.74 Å². The van der Waals surface area contributed by atoms with Gasteiger partial charge in [-0.1, -0.05) is 13.3 Å². The molecule has 7 heteroatoms. The van der Waals surface area contributed by atoms with Gasteiger partial charge in [0, 0.05) is 45.2 Å². The molecule has 1 fully saturated rings. The van der Waals surface area contributed by atoms with E-state index in [1.165, 1.54) is 34.8 Å². The van der Waals surface area contributed by atoms with Crippen LogP contribution in [0.3, 0.4) is 0 Å². The average molecular weight is 480 g/mol. The van der Waals surface area contributed by atoms with Crippen molar-refractivity contribution in [2.75, 3.05) is 33.9 Å². The summed E-state index contributed by atoms with van der Waals surface area (Å²) in [7, 11) is 3.62. The van der Waals surface area contributed by atoms with Gasteiger partial charge in [0.05, 0.1) is 10.7 Å². The van der Waals surface area contributed by atoms with Crippen LogP contribution in [-0.2, 0) is 17.6 Å². The fourth-order valence-electron chi connectivity index (χ4n) is 3.21. The van der Waals surface area contributed by atoms with Crippen LogP contribution in [0, 0.1) is 12.3 Å². The predicted molar refractivity (Wildman–Crippen MR) is 117 cm³/mol. The van der Waals surface area contributed by atoms with E-state index in [9.17, 15) is 0 Å². The summed E-state index contributed by atoms with van der Waals surface area (Å²) in [6.45, 7) is 7.01. The van der Waals surface area contributed by atoms with E-state index < -0.39 is 0 Å². The van der Waals surface area contributed by atoms with Gasteiger partial charge in [0.15, 0.2) is 5.96 Å². The number of thiazole rings is 1. The Bertz CT molecular complexity index is 543. The molecule has 1 aliphatic carbocycles. The van der Waals surface area contributed by atoms with E-state index >= 15 is 0 Å². The summed E-state index contributed by atoms with van der Waals surface area (Å²) in [5, 5.41) is 8.13. The smallest absolute Gasteiger partial charge is 0.191 e. The number of methoxy groups -OCH3 is 1. The van der Waals surface area contributed by atoms with E-state index in [-0.39, 0.29) is 24.0 Å². The number of aliphatic imine (C=N–C) groups is 1. The van der Waals surface area contributed by atoms with E-state index in [2.05, 4.69) is 29.5 Å². The molecular weight excluding hydrogens is 447 g/mol. The second kappa shape index (κ2) is 11.3. The first-order valence-corrected chi connectivity index (χ1v) is 9.83. The third kappa shape index (κ3) is 6.67. The molecule has 0 aliphatic heterocycles.